The van der Waals surface area contributed by atoms with Crippen LogP contribution in [0.15, 0.2) is 65.8 Å². The molecule has 2 atom stereocenters. The van der Waals surface area contributed by atoms with Crippen LogP contribution in [-0.4, -0.2) is 85.6 Å². The summed E-state index contributed by atoms with van der Waals surface area (Å²) >= 11 is 0. The Morgan fingerprint density at radius 2 is 1.74 bits per heavy atom. The number of guanidine groups is 1. The third kappa shape index (κ3) is 3.58. The lowest BCUT2D eigenvalue weighted by molar-refractivity contribution is -0.148. The molecule has 0 radical (unpaired) electrons. The number of ether oxygens (including phenoxy) is 1. The first-order chi connectivity index (χ1) is 16.8. The minimum atomic E-state index is -0.790. The van der Waals surface area contributed by atoms with Gasteiger partial charge in [0.05, 0.1) is 12.8 Å². The highest BCUT2D eigenvalue weighted by molar-refractivity contribution is 6.16. The number of urea groups is 1. The van der Waals surface area contributed by atoms with Crippen molar-refractivity contribution < 1.29 is 19.1 Å². The summed E-state index contributed by atoms with van der Waals surface area (Å²) in [5.41, 5.74) is 3.73. The summed E-state index contributed by atoms with van der Waals surface area (Å²) in [5.74, 6) is -0.609. The fourth-order valence-corrected chi connectivity index (χ4v) is 4.54. The van der Waals surface area contributed by atoms with Crippen LogP contribution in [0.5, 0.6) is 0 Å². The highest BCUT2D eigenvalue weighted by Gasteiger charge is 2.55. The van der Waals surface area contributed by atoms with E-state index in [0.717, 1.165) is 27.5 Å². The number of likely N-dealkylation sites (N-methyl/N-ethyl adjacent to an activating group) is 1. The molecule has 0 aliphatic carbocycles. The summed E-state index contributed by atoms with van der Waals surface area (Å²) in [5, 5.41) is 0. The molecule has 180 valence electrons. The molecule has 5 rings (SSSR count). The summed E-state index contributed by atoms with van der Waals surface area (Å²) in [6, 6.07) is 16.5. The van der Waals surface area contributed by atoms with Crippen LogP contribution in [-0.2, 0) is 14.3 Å². The maximum absolute atomic E-state index is 13.5. The van der Waals surface area contributed by atoms with Crippen LogP contribution in [0.1, 0.15) is 5.56 Å². The van der Waals surface area contributed by atoms with E-state index >= 15 is 0 Å². The van der Waals surface area contributed by atoms with Crippen molar-refractivity contribution in [3.8, 4) is 0 Å². The van der Waals surface area contributed by atoms with Gasteiger partial charge >= 0.3 is 12.0 Å². The standard InChI is InChI=1S/C25H26N6O4/c1-27(2)17-10-12-18(13-11-17)31-19(16-8-6-5-7-9-16)14-29-21-22(26-24(29)31)28(3)25(34)30(23(21)33)15-20(32)35-4/h5-14,21-22H,15H2,1-4H3. The van der Waals surface area contributed by atoms with E-state index in [0.29, 0.717) is 5.96 Å². The van der Waals surface area contributed by atoms with E-state index in [1.165, 1.54) is 12.0 Å². The molecule has 3 amide bonds. The first-order valence-corrected chi connectivity index (χ1v) is 11.2. The van der Waals surface area contributed by atoms with Crippen molar-refractivity contribution >= 4 is 40.9 Å². The predicted molar refractivity (Wildman–Crippen MR) is 131 cm³/mol. The van der Waals surface area contributed by atoms with Gasteiger partial charge < -0.3 is 14.5 Å². The van der Waals surface area contributed by atoms with Crippen LogP contribution in [0.25, 0.3) is 5.70 Å². The fourth-order valence-electron chi connectivity index (χ4n) is 4.54. The number of benzene rings is 2. The molecule has 0 aromatic heterocycles. The number of esters is 1. The van der Waals surface area contributed by atoms with Gasteiger partial charge in [0.2, 0.25) is 5.96 Å². The number of amides is 3. The van der Waals surface area contributed by atoms with Gasteiger partial charge in [0.25, 0.3) is 5.91 Å². The maximum atomic E-state index is 13.5. The third-order valence-electron chi connectivity index (χ3n) is 6.42. The highest BCUT2D eigenvalue weighted by Crippen LogP contribution is 2.40. The maximum Gasteiger partial charge on any atom is 0.328 e. The summed E-state index contributed by atoms with van der Waals surface area (Å²) in [4.78, 5) is 51.2. The molecular weight excluding hydrogens is 448 g/mol. The van der Waals surface area contributed by atoms with E-state index in [4.69, 9.17) is 4.99 Å². The number of rotatable bonds is 5. The monoisotopic (exact) mass is 474 g/mol. The van der Waals surface area contributed by atoms with Crippen molar-refractivity contribution in [2.45, 2.75) is 12.2 Å². The molecule has 3 aliphatic rings. The molecule has 0 N–H and O–H groups in total. The number of methoxy groups -OCH3 is 1. The van der Waals surface area contributed by atoms with Gasteiger partial charge in [0.15, 0.2) is 12.2 Å². The lowest BCUT2D eigenvalue weighted by atomic mass is 10.1. The molecule has 0 bridgehead atoms. The van der Waals surface area contributed by atoms with Gasteiger partial charge in [-0.25, -0.2) is 9.79 Å². The molecule has 3 heterocycles. The number of hydrogen-bond acceptors (Lipinski definition) is 8. The van der Waals surface area contributed by atoms with Crippen LogP contribution in [0.2, 0.25) is 0 Å². The second kappa shape index (κ2) is 8.46. The molecular formula is C25H26N6O4. The lowest BCUT2D eigenvalue weighted by Gasteiger charge is -2.39. The van der Waals surface area contributed by atoms with E-state index in [1.807, 2.05) is 84.7 Å². The van der Waals surface area contributed by atoms with Crippen LogP contribution < -0.4 is 9.80 Å². The summed E-state index contributed by atoms with van der Waals surface area (Å²) < 4.78 is 4.69. The first-order valence-electron chi connectivity index (χ1n) is 11.2. The Morgan fingerprint density at radius 1 is 1.06 bits per heavy atom. The largest absolute Gasteiger partial charge is 0.468 e. The van der Waals surface area contributed by atoms with Gasteiger partial charge in [0.1, 0.15) is 6.54 Å². The summed E-state index contributed by atoms with van der Waals surface area (Å²) in [6.07, 6.45) is 1.17. The van der Waals surface area contributed by atoms with Crippen LogP contribution in [0.3, 0.4) is 0 Å². The van der Waals surface area contributed by atoms with Gasteiger partial charge in [-0.15, -0.1) is 0 Å². The van der Waals surface area contributed by atoms with Gasteiger partial charge in [-0.3, -0.25) is 24.3 Å². The van der Waals surface area contributed by atoms with Gasteiger partial charge in [-0.05, 0) is 24.3 Å². The molecule has 1 saturated heterocycles. The molecule has 2 aromatic rings. The molecule has 10 nitrogen and oxygen atoms in total. The Balaban J connectivity index is 1.57. The zero-order valence-electron chi connectivity index (χ0n) is 20.0. The number of imide groups is 1. The molecule has 3 aliphatic heterocycles. The average molecular weight is 475 g/mol. The minimum absolute atomic E-state index is 0.449. The van der Waals surface area contributed by atoms with Crippen molar-refractivity contribution in [3.63, 3.8) is 0 Å². The minimum Gasteiger partial charge on any atom is -0.468 e. The number of anilines is 2. The van der Waals surface area contributed by atoms with Gasteiger partial charge in [0, 0.05) is 44.3 Å². The lowest BCUT2D eigenvalue weighted by Crippen LogP contribution is -2.65. The molecule has 1 fully saturated rings. The predicted octanol–water partition coefficient (Wildman–Crippen LogP) is 2.00. The molecule has 0 spiro atoms. The van der Waals surface area contributed by atoms with Crippen LogP contribution >= 0.6 is 0 Å². The SMILES string of the molecule is COC(=O)CN1C(=O)C2C(N=C3N(c4ccc(N(C)C)cc4)C(c4ccccc4)=CN32)N(C)C1=O. The average Bonchev–Trinajstić information content (AvgIpc) is 3.42. The zero-order valence-corrected chi connectivity index (χ0v) is 20.0. The number of aliphatic imine (C=N–C) groups is 1. The highest BCUT2D eigenvalue weighted by atomic mass is 16.5. The summed E-state index contributed by atoms with van der Waals surface area (Å²) in [7, 11) is 6.76. The number of nitrogens with zero attached hydrogens (tertiary/aromatic N) is 6. The second-order valence-electron chi connectivity index (χ2n) is 8.72. The second-order valence-corrected chi connectivity index (χ2v) is 8.72. The third-order valence-corrected chi connectivity index (χ3v) is 6.42. The Morgan fingerprint density at radius 3 is 2.37 bits per heavy atom. The van der Waals surface area contributed by atoms with Gasteiger partial charge in [-0.2, -0.15) is 0 Å². The van der Waals surface area contributed by atoms with Crippen molar-refractivity contribution in [2.24, 2.45) is 4.99 Å². The topological polar surface area (TPSA) is 89.0 Å². The van der Waals surface area contributed by atoms with Crippen LogP contribution in [0, 0.1) is 0 Å². The number of hydrogen-bond donors (Lipinski definition) is 0. The van der Waals surface area contributed by atoms with E-state index < -0.39 is 36.7 Å². The fraction of sp³-hybridized carbons (Fsp3) is 0.280. The molecule has 2 aromatic carbocycles. The Labute approximate surface area is 203 Å². The van der Waals surface area contributed by atoms with Crippen molar-refractivity contribution in [1.29, 1.82) is 0 Å². The molecule has 0 saturated carbocycles. The summed E-state index contributed by atoms with van der Waals surface area (Å²) in [6.45, 7) is -0.449. The normalized spacial score (nSPS) is 21.0. The van der Waals surface area contributed by atoms with Gasteiger partial charge in [-0.1, -0.05) is 30.3 Å². The van der Waals surface area contributed by atoms with Crippen LogP contribution in [0.4, 0.5) is 16.2 Å². The van der Waals surface area contributed by atoms with E-state index in [9.17, 15) is 14.4 Å². The number of carbonyl (C=O) groups excluding carboxylic acids is 3. The Bertz CT molecular complexity index is 1240. The van der Waals surface area contributed by atoms with E-state index in [2.05, 4.69) is 4.74 Å². The molecule has 35 heavy (non-hydrogen) atoms. The number of fused-ring (bicyclic) bond motifs is 3. The molecule has 10 heteroatoms. The smallest absolute Gasteiger partial charge is 0.328 e. The van der Waals surface area contributed by atoms with Crippen molar-refractivity contribution in [3.05, 3.63) is 66.4 Å². The van der Waals surface area contributed by atoms with Crippen molar-refractivity contribution in [1.82, 2.24) is 14.7 Å². The quantitative estimate of drug-likeness (QED) is 0.613. The zero-order chi connectivity index (χ0) is 24.9. The number of carbonyl (C=O) groups is 3. The van der Waals surface area contributed by atoms with Crippen molar-refractivity contribution in [2.75, 3.05) is 44.6 Å². The molecule has 2 unspecified atom stereocenters. The first kappa shape index (κ1) is 22.5. The van der Waals surface area contributed by atoms with E-state index in [-0.39, 0.29) is 0 Å². The Kier molecular flexibility index (Phi) is 5.43. The van der Waals surface area contributed by atoms with E-state index in [1.54, 1.807) is 11.9 Å². The Hall–Kier alpha value is -4.34.